The van der Waals surface area contributed by atoms with Gasteiger partial charge >= 0.3 is 13.8 Å². The minimum absolute atomic E-state index is 0.0934. The van der Waals surface area contributed by atoms with Gasteiger partial charge in [0.2, 0.25) is 0 Å². The van der Waals surface area contributed by atoms with Crippen molar-refractivity contribution in [2.75, 3.05) is 33.0 Å². The second kappa shape index (κ2) is 37.5. The highest BCUT2D eigenvalue weighted by molar-refractivity contribution is 7.47. The fourth-order valence-electron chi connectivity index (χ4n) is 5.70. The van der Waals surface area contributed by atoms with Crippen molar-refractivity contribution in [2.24, 2.45) is 5.73 Å². The summed E-state index contributed by atoms with van der Waals surface area (Å²) in [6, 6.07) is 0. The second-order valence-electron chi connectivity index (χ2n) is 13.5. The highest BCUT2D eigenvalue weighted by atomic mass is 31.2. The van der Waals surface area contributed by atoms with Crippen LogP contribution in [0.5, 0.6) is 0 Å². The van der Waals surface area contributed by atoms with Crippen molar-refractivity contribution >= 4 is 13.8 Å². The number of esters is 1. The number of hydrogen-bond donors (Lipinski definition) is 2. The number of carbonyl (C=O) groups is 1. The maximum absolute atomic E-state index is 12.2. The van der Waals surface area contributed by atoms with Crippen molar-refractivity contribution in [2.45, 2.75) is 200 Å². The summed E-state index contributed by atoms with van der Waals surface area (Å²) in [6.45, 7) is 4.77. The average molecular weight is 704 g/mol. The molecule has 0 aliphatic carbocycles. The van der Waals surface area contributed by atoms with E-state index in [4.69, 9.17) is 24.3 Å². The molecule has 0 spiro atoms. The molecule has 0 aromatic rings. The molecule has 0 saturated heterocycles. The van der Waals surface area contributed by atoms with Gasteiger partial charge in [-0.15, -0.1) is 0 Å². The van der Waals surface area contributed by atoms with Crippen LogP contribution in [-0.2, 0) is 27.9 Å². The van der Waals surface area contributed by atoms with E-state index in [1.807, 2.05) is 0 Å². The van der Waals surface area contributed by atoms with Gasteiger partial charge < -0.3 is 20.1 Å². The first-order valence-electron chi connectivity index (χ1n) is 20.2. The smallest absolute Gasteiger partial charge is 0.457 e. The molecule has 0 aromatic heterocycles. The van der Waals surface area contributed by atoms with Crippen LogP contribution in [0.1, 0.15) is 194 Å². The van der Waals surface area contributed by atoms with Gasteiger partial charge in [-0.05, 0) is 38.5 Å². The largest absolute Gasteiger partial charge is 0.472 e. The van der Waals surface area contributed by atoms with Gasteiger partial charge in [0, 0.05) is 19.6 Å². The van der Waals surface area contributed by atoms with Gasteiger partial charge in [0.15, 0.2) is 0 Å². The lowest BCUT2D eigenvalue weighted by Gasteiger charge is -2.20. The van der Waals surface area contributed by atoms with Crippen LogP contribution in [0.2, 0.25) is 0 Å². The van der Waals surface area contributed by atoms with E-state index in [2.05, 4.69) is 26.0 Å². The number of carbonyl (C=O) groups excluding carboxylic acids is 1. The molecule has 0 fully saturated rings. The number of ether oxygens (including phenoxy) is 2. The zero-order valence-electron chi connectivity index (χ0n) is 31.5. The Morgan fingerprint density at radius 2 is 1.04 bits per heavy atom. The molecule has 0 radical (unpaired) electrons. The third kappa shape index (κ3) is 36.5. The highest BCUT2D eigenvalue weighted by Gasteiger charge is 2.25. The summed E-state index contributed by atoms with van der Waals surface area (Å²) in [5, 5.41) is 0. The van der Waals surface area contributed by atoms with Crippen LogP contribution in [0.15, 0.2) is 12.2 Å². The van der Waals surface area contributed by atoms with E-state index < -0.39 is 13.9 Å². The minimum atomic E-state index is -4.25. The molecule has 2 unspecified atom stereocenters. The van der Waals surface area contributed by atoms with Crippen molar-refractivity contribution in [3.05, 3.63) is 12.2 Å². The zero-order valence-corrected chi connectivity index (χ0v) is 32.4. The van der Waals surface area contributed by atoms with Crippen LogP contribution in [0.25, 0.3) is 0 Å². The number of rotatable bonds is 39. The Morgan fingerprint density at radius 3 is 1.52 bits per heavy atom. The molecule has 2 atom stereocenters. The van der Waals surface area contributed by atoms with Crippen molar-refractivity contribution in [3.8, 4) is 0 Å². The minimum Gasteiger partial charge on any atom is -0.457 e. The molecule has 48 heavy (non-hydrogen) atoms. The van der Waals surface area contributed by atoms with Crippen LogP contribution in [0.3, 0.4) is 0 Å². The lowest BCUT2D eigenvalue weighted by Crippen LogP contribution is -2.28. The molecular weight excluding hydrogens is 625 g/mol. The third-order valence-electron chi connectivity index (χ3n) is 8.68. The highest BCUT2D eigenvalue weighted by Crippen LogP contribution is 2.43. The topological polar surface area (TPSA) is 117 Å². The van der Waals surface area contributed by atoms with E-state index in [0.717, 1.165) is 32.1 Å². The predicted octanol–water partition coefficient (Wildman–Crippen LogP) is 11.5. The lowest BCUT2D eigenvalue weighted by atomic mass is 10.0. The Labute approximate surface area is 296 Å². The van der Waals surface area contributed by atoms with E-state index in [1.54, 1.807) is 0 Å². The predicted molar refractivity (Wildman–Crippen MR) is 201 cm³/mol. The molecule has 0 aliphatic heterocycles. The quantitative estimate of drug-likeness (QED) is 0.0281. The van der Waals surface area contributed by atoms with Gasteiger partial charge in [0.05, 0.1) is 19.8 Å². The van der Waals surface area contributed by atoms with Gasteiger partial charge in [-0.25, -0.2) is 4.57 Å². The van der Waals surface area contributed by atoms with E-state index in [-0.39, 0.29) is 32.3 Å². The molecule has 0 rings (SSSR count). The fraction of sp³-hybridized carbons (Fsp3) is 0.923. The standard InChI is InChI=1S/C39H78NO7P/c1-3-5-7-8-9-10-11-12-13-14-15-16-17-18-19-20-21-22-23-24-25-26-27-28-29-31-34-44-36-38(47-39(41)32-30-6-4-2)37-46-48(42,43)45-35-33-40/h14-15,38H,3-13,16-37,40H2,1-2H3,(H,42,43)/b15-14-. The molecule has 0 heterocycles. The van der Waals surface area contributed by atoms with Crippen LogP contribution >= 0.6 is 7.82 Å². The van der Waals surface area contributed by atoms with E-state index in [0.29, 0.717) is 13.0 Å². The van der Waals surface area contributed by atoms with E-state index in [1.165, 1.54) is 141 Å². The van der Waals surface area contributed by atoms with Crippen LogP contribution < -0.4 is 5.73 Å². The number of unbranched alkanes of at least 4 members (excludes halogenated alkanes) is 24. The second-order valence-corrected chi connectivity index (χ2v) is 15.0. The maximum Gasteiger partial charge on any atom is 0.472 e. The molecule has 8 nitrogen and oxygen atoms in total. The number of nitrogens with two attached hydrogens (primary N) is 1. The van der Waals surface area contributed by atoms with Crippen LogP contribution in [0, 0.1) is 0 Å². The Kier molecular flexibility index (Phi) is 36.9. The molecule has 0 amide bonds. The average Bonchev–Trinajstić information content (AvgIpc) is 3.07. The van der Waals surface area contributed by atoms with Crippen LogP contribution in [-0.4, -0.2) is 49.9 Å². The molecule has 0 aliphatic rings. The van der Waals surface area contributed by atoms with Gasteiger partial charge in [-0.2, -0.15) is 0 Å². The zero-order chi connectivity index (χ0) is 35.2. The van der Waals surface area contributed by atoms with Gasteiger partial charge in [0.1, 0.15) is 6.10 Å². The van der Waals surface area contributed by atoms with Crippen LogP contribution in [0.4, 0.5) is 0 Å². The Bertz CT molecular complexity index is 752. The number of phosphoric acid groups is 1. The van der Waals surface area contributed by atoms with Gasteiger partial charge in [0.25, 0.3) is 0 Å². The molecule has 3 N–H and O–H groups in total. The first-order chi connectivity index (χ1) is 23.4. The van der Waals surface area contributed by atoms with Crippen molar-refractivity contribution in [1.82, 2.24) is 0 Å². The number of allylic oxidation sites excluding steroid dienone is 2. The summed E-state index contributed by atoms with van der Waals surface area (Å²) in [4.78, 5) is 21.9. The first-order valence-corrected chi connectivity index (χ1v) is 21.7. The summed E-state index contributed by atoms with van der Waals surface area (Å²) >= 11 is 0. The summed E-state index contributed by atoms with van der Waals surface area (Å²) in [5.74, 6) is -0.352. The number of hydrogen-bond acceptors (Lipinski definition) is 7. The Balaban J connectivity index is 3.63. The molecule has 286 valence electrons. The molecule has 0 bridgehead atoms. The SMILES string of the molecule is CCCCCCCCCC/C=C\CCCCCCCCCCCCCCCCOCC(COP(=O)(O)OCCN)OC(=O)CCCCC. The first kappa shape index (κ1) is 47.2. The summed E-state index contributed by atoms with van der Waals surface area (Å²) in [5.41, 5.74) is 5.32. The summed E-state index contributed by atoms with van der Waals surface area (Å²) < 4.78 is 32.9. The maximum atomic E-state index is 12.2. The summed E-state index contributed by atoms with van der Waals surface area (Å²) in [6.07, 6.45) is 39.0. The van der Waals surface area contributed by atoms with Crippen molar-refractivity contribution < 1.29 is 32.8 Å². The van der Waals surface area contributed by atoms with E-state index >= 15 is 0 Å². The Morgan fingerprint density at radius 1 is 0.604 bits per heavy atom. The number of phosphoric ester groups is 1. The summed E-state index contributed by atoms with van der Waals surface area (Å²) in [7, 11) is -4.25. The lowest BCUT2D eigenvalue weighted by molar-refractivity contribution is -0.154. The molecule has 0 aromatic carbocycles. The Hall–Kier alpha value is -0.760. The molecule has 0 saturated carbocycles. The van der Waals surface area contributed by atoms with Gasteiger partial charge in [-0.1, -0.05) is 161 Å². The van der Waals surface area contributed by atoms with Crippen molar-refractivity contribution in [3.63, 3.8) is 0 Å². The van der Waals surface area contributed by atoms with E-state index in [9.17, 15) is 14.3 Å². The fourth-order valence-corrected chi connectivity index (χ4v) is 6.46. The monoisotopic (exact) mass is 704 g/mol. The third-order valence-corrected chi connectivity index (χ3v) is 9.67. The molecular formula is C39H78NO7P. The van der Waals surface area contributed by atoms with Crippen molar-refractivity contribution in [1.29, 1.82) is 0 Å². The van der Waals surface area contributed by atoms with Gasteiger partial charge in [-0.3, -0.25) is 13.8 Å². The normalized spacial score (nSPS) is 13.7. The molecule has 9 heteroatoms.